The van der Waals surface area contributed by atoms with Gasteiger partial charge in [-0.2, -0.15) is 10.4 Å². The van der Waals surface area contributed by atoms with Gasteiger partial charge in [-0.3, -0.25) is 5.10 Å². The van der Waals surface area contributed by atoms with Crippen molar-refractivity contribution in [2.24, 2.45) is 0 Å². The van der Waals surface area contributed by atoms with Crippen molar-refractivity contribution in [1.29, 1.82) is 5.26 Å². The molecule has 23 heavy (non-hydrogen) atoms. The Labute approximate surface area is 135 Å². The number of rotatable bonds is 1. The van der Waals surface area contributed by atoms with E-state index in [4.69, 9.17) is 6.57 Å². The van der Waals surface area contributed by atoms with Gasteiger partial charge < -0.3 is 4.90 Å². The largest absolute Gasteiger partial charge is 0.361 e. The van der Waals surface area contributed by atoms with E-state index in [1.165, 1.54) is 0 Å². The average Bonchev–Trinajstić information content (AvgIpc) is 2.93. The summed E-state index contributed by atoms with van der Waals surface area (Å²) in [6.45, 7) is 13.4. The first-order chi connectivity index (χ1) is 11.0. The minimum Gasteiger partial charge on any atom is -0.361 e. The Morgan fingerprint density at radius 2 is 2.04 bits per heavy atom. The summed E-state index contributed by atoms with van der Waals surface area (Å²) in [4.78, 5) is 5.66. The molecule has 5 heteroatoms. The van der Waals surface area contributed by atoms with E-state index in [1.807, 2.05) is 50.9 Å². The lowest BCUT2D eigenvalue weighted by molar-refractivity contribution is 0.488. The van der Waals surface area contributed by atoms with Crippen LogP contribution in [0.2, 0.25) is 0 Å². The van der Waals surface area contributed by atoms with Crippen molar-refractivity contribution >= 4 is 10.9 Å². The Morgan fingerprint density at radius 1 is 1.30 bits per heavy atom. The van der Waals surface area contributed by atoms with Gasteiger partial charge in [0.25, 0.3) is 0 Å². The fraction of sp³-hybridized carbons (Fsp3) is 0.278. The summed E-state index contributed by atoms with van der Waals surface area (Å²) in [5.41, 5.74) is 5.86. The van der Waals surface area contributed by atoms with Crippen LogP contribution in [0.15, 0.2) is 40.9 Å². The van der Waals surface area contributed by atoms with Crippen molar-refractivity contribution in [1.82, 2.24) is 15.1 Å². The van der Waals surface area contributed by atoms with Crippen LogP contribution in [0, 0.1) is 24.8 Å². The molecule has 1 unspecified atom stereocenters. The Hall–Kier alpha value is -3.05. The molecule has 0 fully saturated rings. The first kappa shape index (κ1) is 14.9. The number of aromatic nitrogens is 2. The summed E-state index contributed by atoms with van der Waals surface area (Å²) in [5.74, 6) is -0.313. The highest BCUT2D eigenvalue weighted by Crippen LogP contribution is 2.42. The van der Waals surface area contributed by atoms with Crippen molar-refractivity contribution in [3.05, 3.63) is 63.5 Å². The van der Waals surface area contributed by atoms with Gasteiger partial charge in [-0.05, 0) is 38.5 Å². The number of fused-ring (bicyclic) bond motifs is 1. The lowest BCUT2D eigenvalue weighted by atomic mass is 9.84. The zero-order chi connectivity index (χ0) is 16.7. The lowest BCUT2D eigenvalue weighted by Crippen LogP contribution is -2.25. The summed E-state index contributed by atoms with van der Waals surface area (Å²) in [5, 5.41) is 17.9. The summed E-state index contributed by atoms with van der Waals surface area (Å²) in [6, 6.07) is 8.24. The number of H-pyrrole nitrogens is 1. The maximum absolute atomic E-state index is 9.66. The first-order valence-electron chi connectivity index (χ1n) is 7.37. The third kappa shape index (κ3) is 2.10. The smallest absolute Gasteiger partial charge is 0.196 e. The highest BCUT2D eigenvalue weighted by molar-refractivity contribution is 5.82. The number of allylic oxidation sites excluding steroid dienone is 3. The maximum Gasteiger partial charge on any atom is 0.196 e. The molecule has 1 atom stereocenters. The fourth-order valence-electron chi connectivity index (χ4n) is 3.11. The normalized spacial score (nSPS) is 18.3. The average molecular weight is 303 g/mol. The summed E-state index contributed by atoms with van der Waals surface area (Å²) < 4.78 is 0. The lowest BCUT2D eigenvalue weighted by Gasteiger charge is -2.32. The number of nitrogens with one attached hydrogen (secondary N) is 1. The molecule has 0 bridgehead atoms. The van der Waals surface area contributed by atoms with E-state index >= 15 is 0 Å². The number of nitriles is 1. The van der Waals surface area contributed by atoms with Crippen LogP contribution >= 0.6 is 0 Å². The van der Waals surface area contributed by atoms with Crippen LogP contribution in [0.5, 0.6) is 0 Å². The Bertz CT molecular complexity index is 908. The van der Waals surface area contributed by atoms with Gasteiger partial charge in [-0.15, -0.1) is 0 Å². The number of nitrogens with zero attached hydrogens (tertiary/aromatic N) is 4. The van der Waals surface area contributed by atoms with Gasteiger partial charge in [0.1, 0.15) is 0 Å². The number of aromatic amines is 1. The monoisotopic (exact) mass is 303 g/mol. The molecule has 0 saturated carbocycles. The number of benzene rings is 1. The van der Waals surface area contributed by atoms with E-state index in [2.05, 4.69) is 21.1 Å². The minimum absolute atomic E-state index is 0.313. The second-order valence-electron chi connectivity index (χ2n) is 5.81. The molecule has 0 amide bonds. The van der Waals surface area contributed by atoms with E-state index in [0.29, 0.717) is 11.3 Å². The van der Waals surface area contributed by atoms with Gasteiger partial charge in [0.15, 0.2) is 5.70 Å². The van der Waals surface area contributed by atoms with Crippen LogP contribution in [0.4, 0.5) is 0 Å². The Balaban J connectivity index is 2.27. The second kappa shape index (κ2) is 5.30. The molecule has 2 heterocycles. The highest BCUT2D eigenvalue weighted by Gasteiger charge is 2.32. The van der Waals surface area contributed by atoms with Crippen molar-refractivity contribution in [3.8, 4) is 6.07 Å². The van der Waals surface area contributed by atoms with Crippen LogP contribution in [-0.2, 0) is 0 Å². The molecule has 0 radical (unpaired) electrons. The van der Waals surface area contributed by atoms with Crippen molar-refractivity contribution in [3.63, 3.8) is 0 Å². The van der Waals surface area contributed by atoms with Crippen LogP contribution in [-0.4, -0.2) is 22.1 Å². The van der Waals surface area contributed by atoms with Gasteiger partial charge in [-0.1, -0.05) is 6.07 Å². The predicted octanol–water partition coefficient (Wildman–Crippen LogP) is 3.85. The van der Waals surface area contributed by atoms with E-state index < -0.39 is 0 Å². The third-order valence-electron chi connectivity index (χ3n) is 4.67. The third-order valence-corrected chi connectivity index (χ3v) is 4.67. The molecule has 1 aliphatic rings. The zero-order valence-corrected chi connectivity index (χ0v) is 13.6. The van der Waals surface area contributed by atoms with Crippen molar-refractivity contribution < 1.29 is 0 Å². The molecular formula is C18H17N5. The van der Waals surface area contributed by atoms with Gasteiger partial charge in [-0.25, -0.2) is 4.85 Å². The van der Waals surface area contributed by atoms with E-state index in [9.17, 15) is 5.26 Å². The quantitative estimate of drug-likeness (QED) is 0.814. The van der Waals surface area contributed by atoms with Gasteiger partial charge in [0.2, 0.25) is 0 Å². The van der Waals surface area contributed by atoms with Crippen LogP contribution < -0.4 is 0 Å². The summed E-state index contributed by atoms with van der Waals surface area (Å²) >= 11 is 0. The highest BCUT2D eigenvalue weighted by atomic mass is 15.1. The molecular weight excluding hydrogens is 286 g/mol. The number of aryl methyl sites for hydroxylation is 1. The molecule has 1 aliphatic heterocycles. The Kier molecular flexibility index (Phi) is 3.42. The molecule has 0 aliphatic carbocycles. The van der Waals surface area contributed by atoms with Gasteiger partial charge in [0, 0.05) is 29.5 Å². The molecule has 1 aromatic carbocycles. The molecule has 1 N–H and O–H groups in total. The molecule has 2 aromatic rings. The van der Waals surface area contributed by atoms with Crippen molar-refractivity contribution in [2.45, 2.75) is 26.7 Å². The fourth-order valence-corrected chi connectivity index (χ4v) is 3.11. The van der Waals surface area contributed by atoms with Crippen molar-refractivity contribution in [2.75, 3.05) is 7.05 Å². The standard InChI is InChI=1S/C18H17N5/c1-10-14-8-13(6-7-16(14)22-21-10)17-15(9-19)11(2)23(5)12(3)18(17)20-4/h6-8,17H,1-3,5H3,(H,21,22). The molecule has 0 saturated heterocycles. The van der Waals surface area contributed by atoms with E-state index in [0.717, 1.165) is 33.6 Å². The number of hydrogen-bond acceptors (Lipinski definition) is 3. The molecule has 5 nitrogen and oxygen atoms in total. The molecule has 0 spiro atoms. The molecule has 114 valence electrons. The SMILES string of the molecule is [C-]#[N+]C1=C(C)N(C)C(C)=C(C#N)C1c1ccc2n[nH]c(C)c2c1. The molecule has 1 aromatic heterocycles. The van der Waals surface area contributed by atoms with Crippen LogP contribution in [0.3, 0.4) is 0 Å². The van der Waals surface area contributed by atoms with Gasteiger partial charge >= 0.3 is 0 Å². The second-order valence-corrected chi connectivity index (χ2v) is 5.81. The molecule has 3 rings (SSSR count). The predicted molar refractivity (Wildman–Crippen MR) is 88.9 cm³/mol. The minimum atomic E-state index is -0.313. The van der Waals surface area contributed by atoms with E-state index in [1.54, 1.807) is 0 Å². The van der Waals surface area contributed by atoms with Crippen LogP contribution in [0.1, 0.15) is 31.0 Å². The first-order valence-corrected chi connectivity index (χ1v) is 7.37. The maximum atomic E-state index is 9.66. The topological polar surface area (TPSA) is 60.1 Å². The Morgan fingerprint density at radius 3 is 2.70 bits per heavy atom. The summed E-state index contributed by atoms with van der Waals surface area (Å²) in [6.07, 6.45) is 0. The van der Waals surface area contributed by atoms with E-state index in [-0.39, 0.29) is 5.92 Å². The zero-order valence-electron chi connectivity index (χ0n) is 13.6. The van der Waals surface area contributed by atoms with Crippen LogP contribution in [0.25, 0.3) is 15.7 Å². The summed E-state index contributed by atoms with van der Waals surface area (Å²) in [7, 11) is 1.90. The van der Waals surface area contributed by atoms with Gasteiger partial charge in [0.05, 0.1) is 29.6 Å². The number of hydrogen-bond donors (Lipinski definition) is 1.